The molecule has 13 heteroatoms. The van der Waals surface area contributed by atoms with E-state index in [2.05, 4.69) is 26.0 Å². The Morgan fingerprint density at radius 3 is 2.46 bits per heavy atom. The first kappa shape index (κ1) is 27.4. The summed E-state index contributed by atoms with van der Waals surface area (Å²) in [5.74, 6) is -0.600. The predicted molar refractivity (Wildman–Crippen MR) is 146 cm³/mol. The molecule has 0 bridgehead atoms. The van der Waals surface area contributed by atoms with Gasteiger partial charge in [-0.25, -0.2) is 5.43 Å². The van der Waals surface area contributed by atoms with Gasteiger partial charge in [-0.1, -0.05) is 47.2 Å². The lowest BCUT2D eigenvalue weighted by Gasteiger charge is -2.11. The number of methoxy groups -OCH3 is 1. The highest BCUT2D eigenvalue weighted by atomic mass is 32.2. The van der Waals surface area contributed by atoms with Gasteiger partial charge in [-0.05, 0) is 55.0 Å². The van der Waals surface area contributed by atoms with Crippen molar-refractivity contribution in [1.29, 1.82) is 0 Å². The van der Waals surface area contributed by atoms with Gasteiger partial charge in [0.2, 0.25) is 11.0 Å². The summed E-state index contributed by atoms with van der Waals surface area (Å²) in [6.07, 6.45) is 1.27. The first-order valence-electron chi connectivity index (χ1n) is 11.4. The van der Waals surface area contributed by atoms with Gasteiger partial charge < -0.3 is 8.92 Å². The van der Waals surface area contributed by atoms with E-state index < -0.39 is 16.0 Å². The Hall–Kier alpha value is -4.62. The second kappa shape index (κ2) is 12.3. The number of nitrogens with zero attached hydrogens (tertiary/aromatic N) is 3. The molecule has 0 saturated heterocycles. The molecule has 39 heavy (non-hydrogen) atoms. The molecule has 0 aliphatic rings. The van der Waals surface area contributed by atoms with E-state index >= 15 is 0 Å². The third-order valence-electron chi connectivity index (χ3n) is 5.13. The smallest absolute Gasteiger partial charge is 0.339 e. The van der Waals surface area contributed by atoms with Gasteiger partial charge in [0.1, 0.15) is 9.90 Å². The van der Waals surface area contributed by atoms with E-state index in [-0.39, 0.29) is 33.9 Å². The fourth-order valence-corrected chi connectivity index (χ4v) is 4.87. The van der Waals surface area contributed by atoms with Gasteiger partial charge >= 0.3 is 10.1 Å². The SMILES string of the molecule is COc1cc(/C=N\NC(=O)Cc2nnc(NC(=O)c3ccccc3)s2)ccc1OS(=O)(=O)c1ccc(C)cc1. The van der Waals surface area contributed by atoms with Crippen LogP contribution in [0, 0.1) is 6.92 Å². The van der Waals surface area contributed by atoms with Gasteiger partial charge in [-0.2, -0.15) is 13.5 Å². The van der Waals surface area contributed by atoms with Crippen LogP contribution in [-0.2, 0) is 21.3 Å². The summed E-state index contributed by atoms with van der Waals surface area (Å²) in [6, 6.07) is 19.4. The first-order chi connectivity index (χ1) is 18.7. The number of hydrogen-bond acceptors (Lipinski definition) is 10. The van der Waals surface area contributed by atoms with E-state index in [1.807, 2.05) is 6.92 Å². The highest BCUT2D eigenvalue weighted by molar-refractivity contribution is 7.87. The molecule has 0 saturated carbocycles. The monoisotopic (exact) mass is 565 g/mol. The maximum absolute atomic E-state index is 12.6. The number of carbonyl (C=O) groups excluding carboxylic acids is 2. The number of aryl methyl sites for hydroxylation is 1. The first-order valence-corrected chi connectivity index (χ1v) is 13.7. The van der Waals surface area contributed by atoms with E-state index in [0.29, 0.717) is 16.1 Å². The van der Waals surface area contributed by atoms with E-state index in [1.165, 1.54) is 37.6 Å². The molecule has 2 amide bonds. The van der Waals surface area contributed by atoms with Gasteiger partial charge in [-0.3, -0.25) is 14.9 Å². The van der Waals surface area contributed by atoms with Crippen molar-refractivity contribution in [3.8, 4) is 11.5 Å². The van der Waals surface area contributed by atoms with Crippen molar-refractivity contribution in [3.63, 3.8) is 0 Å². The van der Waals surface area contributed by atoms with Crippen LogP contribution in [0.4, 0.5) is 5.13 Å². The molecule has 0 fully saturated rings. The topological polar surface area (TPSA) is 149 Å². The molecule has 200 valence electrons. The lowest BCUT2D eigenvalue weighted by Crippen LogP contribution is -2.19. The van der Waals surface area contributed by atoms with Gasteiger partial charge in [0, 0.05) is 5.56 Å². The average molecular weight is 566 g/mol. The van der Waals surface area contributed by atoms with Crippen LogP contribution in [0.15, 0.2) is 82.8 Å². The number of carbonyl (C=O) groups is 2. The number of amides is 2. The zero-order valence-electron chi connectivity index (χ0n) is 20.8. The second-order valence-electron chi connectivity index (χ2n) is 8.05. The van der Waals surface area contributed by atoms with Crippen LogP contribution in [0.1, 0.15) is 26.5 Å². The second-order valence-corrected chi connectivity index (χ2v) is 10.7. The van der Waals surface area contributed by atoms with Crippen LogP contribution >= 0.6 is 11.3 Å². The zero-order chi connectivity index (χ0) is 27.8. The standard InChI is InChI=1S/C26H23N5O6S2/c1-17-8-11-20(12-9-17)39(34,35)37-21-13-10-18(14-22(21)36-2)16-27-29-23(32)15-24-30-31-26(38-24)28-25(33)19-6-4-3-5-7-19/h3-14,16H,15H2,1-2H3,(H,29,32)(H,28,31,33)/b27-16-. The Morgan fingerprint density at radius 2 is 1.74 bits per heavy atom. The third kappa shape index (κ3) is 7.46. The molecular formula is C26H23N5O6S2. The molecular weight excluding hydrogens is 542 g/mol. The van der Waals surface area contributed by atoms with E-state index in [1.54, 1.807) is 48.5 Å². The molecule has 1 aromatic heterocycles. The van der Waals surface area contributed by atoms with Crippen molar-refractivity contribution in [2.75, 3.05) is 12.4 Å². The Kier molecular flexibility index (Phi) is 8.63. The summed E-state index contributed by atoms with van der Waals surface area (Å²) < 4.78 is 35.7. The summed E-state index contributed by atoms with van der Waals surface area (Å²) in [6.45, 7) is 1.85. The van der Waals surface area contributed by atoms with Crippen molar-refractivity contribution in [2.45, 2.75) is 18.2 Å². The van der Waals surface area contributed by atoms with Crippen molar-refractivity contribution in [2.24, 2.45) is 5.10 Å². The number of aromatic nitrogens is 2. The van der Waals surface area contributed by atoms with Crippen LogP contribution in [0.25, 0.3) is 0 Å². The van der Waals surface area contributed by atoms with Crippen molar-refractivity contribution >= 4 is 44.6 Å². The molecule has 0 aliphatic carbocycles. The summed E-state index contributed by atoms with van der Waals surface area (Å²) >= 11 is 1.08. The molecule has 2 N–H and O–H groups in total. The number of rotatable bonds is 10. The summed E-state index contributed by atoms with van der Waals surface area (Å²) in [4.78, 5) is 24.5. The molecule has 0 radical (unpaired) electrons. The minimum Gasteiger partial charge on any atom is -0.493 e. The fourth-order valence-electron chi connectivity index (χ4n) is 3.19. The molecule has 1 heterocycles. The molecule has 11 nitrogen and oxygen atoms in total. The Balaban J connectivity index is 1.32. The van der Waals surface area contributed by atoms with Gasteiger partial charge in [0.05, 0.1) is 19.7 Å². The lowest BCUT2D eigenvalue weighted by molar-refractivity contribution is -0.120. The molecule has 4 rings (SSSR count). The molecule has 0 spiro atoms. The highest BCUT2D eigenvalue weighted by Gasteiger charge is 2.19. The van der Waals surface area contributed by atoms with Crippen LogP contribution in [0.2, 0.25) is 0 Å². The highest BCUT2D eigenvalue weighted by Crippen LogP contribution is 2.30. The van der Waals surface area contributed by atoms with Crippen molar-refractivity contribution in [1.82, 2.24) is 15.6 Å². The summed E-state index contributed by atoms with van der Waals surface area (Å²) in [5.41, 5.74) is 4.30. The number of nitrogens with one attached hydrogen (secondary N) is 2. The third-order valence-corrected chi connectivity index (χ3v) is 7.22. The number of benzene rings is 3. The lowest BCUT2D eigenvalue weighted by atomic mass is 10.2. The normalized spacial score (nSPS) is 11.2. The Labute approximate surface area is 228 Å². The average Bonchev–Trinajstić information content (AvgIpc) is 3.36. The summed E-state index contributed by atoms with van der Waals surface area (Å²) in [5, 5.41) is 15.0. The minimum absolute atomic E-state index is 0.00527. The van der Waals surface area contributed by atoms with E-state index in [0.717, 1.165) is 16.9 Å². The molecule has 4 aromatic rings. The van der Waals surface area contributed by atoms with Gasteiger partial charge in [0.25, 0.3) is 5.91 Å². The Morgan fingerprint density at radius 1 is 1.00 bits per heavy atom. The number of ether oxygens (including phenoxy) is 1. The quantitative estimate of drug-likeness (QED) is 0.168. The number of hydrogen-bond donors (Lipinski definition) is 2. The Bertz CT molecular complexity index is 1600. The van der Waals surface area contributed by atoms with E-state index in [4.69, 9.17) is 8.92 Å². The molecule has 0 unspecified atom stereocenters. The molecule has 0 atom stereocenters. The number of anilines is 1. The largest absolute Gasteiger partial charge is 0.493 e. The van der Waals surface area contributed by atoms with Crippen molar-refractivity contribution < 1.29 is 26.9 Å². The van der Waals surface area contributed by atoms with Crippen LogP contribution in [0.5, 0.6) is 11.5 Å². The zero-order valence-corrected chi connectivity index (χ0v) is 22.5. The maximum atomic E-state index is 12.6. The van der Waals surface area contributed by atoms with Gasteiger partial charge in [-0.15, -0.1) is 10.2 Å². The maximum Gasteiger partial charge on any atom is 0.339 e. The van der Waals surface area contributed by atoms with Crippen LogP contribution in [0.3, 0.4) is 0 Å². The van der Waals surface area contributed by atoms with Gasteiger partial charge in [0.15, 0.2) is 11.5 Å². The summed E-state index contributed by atoms with van der Waals surface area (Å²) in [7, 11) is -2.68. The fraction of sp³-hybridized carbons (Fsp3) is 0.115. The van der Waals surface area contributed by atoms with Crippen LogP contribution in [-0.4, -0.2) is 43.8 Å². The molecule has 0 aliphatic heterocycles. The van der Waals surface area contributed by atoms with Crippen LogP contribution < -0.4 is 19.7 Å². The predicted octanol–water partition coefficient (Wildman–Crippen LogP) is 3.57. The molecule has 3 aromatic carbocycles. The van der Waals surface area contributed by atoms with E-state index in [9.17, 15) is 18.0 Å². The number of hydrazone groups is 1. The van der Waals surface area contributed by atoms with Crippen molar-refractivity contribution in [3.05, 3.63) is 94.5 Å². The minimum atomic E-state index is -4.06.